The van der Waals surface area contributed by atoms with Gasteiger partial charge in [0.15, 0.2) is 0 Å². The van der Waals surface area contributed by atoms with Gasteiger partial charge >= 0.3 is 0 Å². The van der Waals surface area contributed by atoms with Crippen LogP contribution in [0.3, 0.4) is 0 Å². The number of nitrogens with zero attached hydrogens (tertiary/aromatic N) is 1. The smallest absolute Gasteiger partial charge is 0.145 e. The lowest BCUT2D eigenvalue weighted by Gasteiger charge is -2.10. The van der Waals surface area contributed by atoms with E-state index in [-0.39, 0.29) is 0 Å². The Hall–Kier alpha value is -2.23. The number of aromatic nitrogens is 1. The molecule has 1 heterocycles. The van der Waals surface area contributed by atoms with E-state index in [1.54, 1.807) is 30.6 Å². The number of nitrogen functional groups attached to an aromatic ring is 1. The molecular weight excluding hydrogens is 216 g/mol. The summed E-state index contributed by atoms with van der Waals surface area (Å²) in [6.45, 7) is 2.48. The topological polar surface area (TPSA) is 57.4 Å². The maximum absolute atomic E-state index is 5.78. The highest BCUT2D eigenvalue weighted by atomic mass is 16.5. The molecule has 0 radical (unpaired) electrons. The van der Waals surface area contributed by atoms with Crippen LogP contribution in [0.4, 0.5) is 5.69 Å². The highest BCUT2D eigenvalue weighted by Gasteiger charge is 2.03. The Morgan fingerprint density at radius 1 is 1.24 bits per heavy atom. The molecule has 2 N–H and O–H groups in total. The molecule has 1 aromatic carbocycles. The van der Waals surface area contributed by atoms with Crippen LogP contribution in [0.2, 0.25) is 0 Å². The molecule has 0 aliphatic heterocycles. The number of rotatable bonds is 4. The summed E-state index contributed by atoms with van der Waals surface area (Å²) in [5.74, 6) is 1.99. The monoisotopic (exact) mass is 230 g/mol. The van der Waals surface area contributed by atoms with Crippen LogP contribution in [0.25, 0.3) is 0 Å². The lowest BCUT2D eigenvalue weighted by Crippen LogP contribution is -1.97. The van der Waals surface area contributed by atoms with Crippen LogP contribution in [-0.2, 0) is 0 Å². The van der Waals surface area contributed by atoms with Crippen molar-refractivity contribution in [2.45, 2.75) is 6.92 Å². The average Bonchev–Trinajstić information content (AvgIpc) is 2.35. The zero-order valence-corrected chi connectivity index (χ0v) is 9.59. The molecule has 17 heavy (non-hydrogen) atoms. The van der Waals surface area contributed by atoms with E-state index in [1.165, 1.54) is 0 Å². The fourth-order valence-electron chi connectivity index (χ4n) is 1.40. The van der Waals surface area contributed by atoms with Crippen molar-refractivity contribution in [3.05, 3.63) is 42.7 Å². The van der Waals surface area contributed by atoms with E-state index in [4.69, 9.17) is 15.2 Å². The SMILES string of the molecule is CCOc1cc(Oc2cccnc2)ccc1N. The van der Waals surface area contributed by atoms with Crippen LogP contribution < -0.4 is 15.2 Å². The normalized spacial score (nSPS) is 9.94. The van der Waals surface area contributed by atoms with Gasteiger partial charge in [-0.1, -0.05) is 0 Å². The molecule has 0 spiro atoms. The van der Waals surface area contributed by atoms with Crippen molar-refractivity contribution in [2.75, 3.05) is 12.3 Å². The second-order valence-electron chi connectivity index (χ2n) is 3.42. The van der Waals surface area contributed by atoms with E-state index < -0.39 is 0 Å². The van der Waals surface area contributed by atoms with Crippen LogP contribution in [-0.4, -0.2) is 11.6 Å². The van der Waals surface area contributed by atoms with Crippen molar-refractivity contribution in [3.63, 3.8) is 0 Å². The second kappa shape index (κ2) is 5.21. The molecule has 0 bridgehead atoms. The molecule has 88 valence electrons. The van der Waals surface area contributed by atoms with E-state index in [0.29, 0.717) is 29.5 Å². The second-order valence-corrected chi connectivity index (χ2v) is 3.42. The van der Waals surface area contributed by atoms with Crippen LogP contribution in [0.15, 0.2) is 42.7 Å². The maximum atomic E-state index is 5.78. The summed E-state index contributed by atoms with van der Waals surface area (Å²) in [4.78, 5) is 3.98. The van der Waals surface area contributed by atoms with Gasteiger partial charge in [-0.25, -0.2) is 0 Å². The number of nitrogens with two attached hydrogens (primary N) is 1. The number of anilines is 1. The maximum Gasteiger partial charge on any atom is 0.145 e. The molecule has 0 amide bonds. The Bertz CT molecular complexity index is 486. The standard InChI is InChI=1S/C13H14N2O2/c1-2-16-13-8-10(5-6-12(13)14)17-11-4-3-7-15-9-11/h3-9H,2,14H2,1H3. The van der Waals surface area contributed by atoms with Gasteiger partial charge in [-0.05, 0) is 31.2 Å². The van der Waals surface area contributed by atoms with Gasteiger partial charge in [-0.2, -0.15) is 0 Å². The fraction of sp³-hybridized carbons (Fsp3) is 0.154. The lowest BCUT2D eigenvalue weighted by atomic mass is 10.3. The van der Waals surface area contributed by atoms with Crippen molar-refractivity contribution in [1.29, 1.82) is 0 Å². The summed E-state index contributed by atoms with van der Waals surface area (Å²) >= 11 is 0. The van der Waals surface area contributed by atoms with Gasteiger partial charge in [-0.3, -0.25) is 4.98 Å². The van der Waals surface area contributed by atoms with Crippen LogP contribution in [0, 0.1) is 0 Å². The molecule has 1 aromatic heterocycles. The van der Waals surface area contributed by atoms with Crippen LogP contribution in [0.1, 0.15) is 6.92 Å². The first-order valence-electron chi connectivity index (χ1n) is 5.40. The minimum atomic E-state index is 0.570. The van der Waals surface area contributed by atoms with Gasteiger partial charge in [0, 0.05) is 12.3 Å². The molecule has 4 heteroatoms. The van der Waals surface area contributed by atoms with Gasteiger partial charge < -0.3 is 15.2 Å². The predicted octanol–water partition coefficient (Wildman–Crippen LogP) is 2.85. The Kier molecular flexibility index (Phi) is 3.45. The van der Waals surface area contributed by atoms with Crippen molar-refractivity contribution in [2.24, 2.45) is 0 Å². The molecule has 0 saturated heterocycles. The molecular formula is C13H14N2O2. The summed E-state index contributed by atoms with van der Waals surface area (Å²) < 4.78 is 11.0. The Balaban J connectivity index is 2.19. The van der Waals surface area contributed by atoms with Crippen LogP contribution in [0.5, 0.6) is 17.2 Å². The van der Waals surface area contributed by atoms with Gasteiger partial charge in [-0.15, -0.1) is 0 Å². The Labute approximate surface area is 100 Å². The third kappa shape index (κ3) is 2.87. The molecule has 0 aliphatic rings. The highest BCUT2D eigenvalue weighted by Crippen LogP contribution is 2.29. The third-order valence-corrected chi connectivity index (χ3v) is 2.15. The first-order valence-corrected chi connectivity index (χ1v) is 5.40. The Morgan fingerprint density at radius 3 is 2.82 bits per heavy atom. The lowest BCUT2D eigenvalue weighted by molar-refractivity contribution is 0.340. The third-order valence-electron chi connectivity index (χ3n) is 2.15. The fourth-order valence-corrected chi connectivity index (χ4v) is 1.40. The van der Waals surface area contributed by atoms with E-state index >= 15 is 0 Å². The molecule has 2 rings (SSSR count). The number of hydrogen-bond donors (Lipinski definition) is 1. The van der Waals surface area contributed by atoms with Gasteiger partial charge in [0.1, 0.15) is 17.2 Å². The largest absolute Gasteiger partial charge is 0.492 e. The summed E-state index contributed by atoms with van der Waals surface area (Å²) in [5, 5.41) is 0. The molecule has 2 aromatic rings. The molecule has 0 fully saturated rings. The first kappa shape index (κ1) is 11.3. The van der Waals surface area contributed by atoms with Gasteiger partial charge in [0.05, 0.1) is 18.5 Å². The van der Waals surface area contributed by atoms with Crippen molar-refractivity contribution in [3.8, 4) is 17.2 Å². The number of pyridine rings is 1. The van der Waals surface area contributed by atoms with E-state index in [1.807, 2.05) is 19.1 Å². The van der Waals surface area contributed by atoms with E-state index in [0.717, 1.165) is 0 Å². The van der Waals surface area contributed by atoms with Gasteiger partial charge in [0.25, 0.3) is 0 Å². The van der Waals surface area contributed by atoms with Gasteiger partial charge in [0.2, 0.25) is 0 Å². The van der Waals surface area contributed by atoms with E-state index in [9.17, 15) is 0 Å². The minimum Gasteiger partial charge on any atom is -0.492 e. The number of hydrogen-bond acceptors (Lipinski definition) is 4. The summed E-state index contributed by atoms with van der Waals surface area (Å²) in [6.07, 6.45) is 3.35. The summed E-state index contributed by atoms with van der Waals surface area (Å²) in [5.41, 5.74) is 6.38. The molecule has 0 unspecified atom stereocenters. The van der Waals surface area contributed by atoms with Crippen LogP contribution >= 0.6 is 0 Å². The average molecular weight is 230 g/mol. The molecule has 0 atom stereocenters. The molecule has 4 nitrogen and oxygen atoms in total. The van der Waals surface area contributed by atoms with Crippen molar-refractivity contribution >= 4 is 5.69 Å². The summed E-state index contributed by atoms with van der Waals surface area (Å²) in [7, 11) is 0. The quantitative estimate of drug-likeness (QED) is 0.820. The first-order chi connectivity index (χ1) is 8.29. The minimum absolute atomic E-state index is 0.570. The zero-order valence-electron chi connectivity index (χ0n) is 9.59. The number of benzene rings is 1. The van der Waals surface area contributed by atoms with Crippen molar-refractivity contribution < 1.29 is 9.47 Å². The Morgan fingerprint density at radius 2 is 2.12 bits per heavy atom. The summed E-state index contributed by atoms with van der Waals surface area (Å²) in [6, 6.07) is 8.98. The van der Waals surface area contributed by atoms with Crippen molar-refractivity contribution in [1.82, 2.24) is 4.98 Å². The number of ether oxygens (including phenoxy) is 2. The molecule has 0 saturated carbocycles. The predicted molar refractivity (Wildman–Crippen MR) is 66.3 cm³/mol. The van der Waals surface area contributed by atoms with E-state index in [2.05, 4.69) is 4.98 Å². The zero-order chi connectivity index (χ0) is 12.1. The highest BCUT2D eigenvalue weighted by molar-refractivity contribution is 5.56. The molecule has 0 aliphatic carbocycles.